The standard InChI is InChI=1S/C17H17N3O/c1-3-12-4-8-15(9-5-12)20(2)17(21)13-6-7-14-11-18-19-16(14)10-13/h4-11H,3H2,1-2H3,(H,18,19). The molecule has 4 nitrogen and oxygen atoms in total. The summed E-state index contributed by atoms with van der Waals surface area (Å²) in [5, 5.41) is 7.86. The molecule has 2 aromatic carbocycles. The van der Waals surface area contributed by atoms with Crippen molar-refractivity contribution in [3.63, 3.8) is 0 Å². The Morgan fingerprint density at radius 2 is 1.95 bits per heavy atom. The Labute approximate surface area is 123 Å². The molecule has 0 bridgehead atoms. The van der Waals surface area contributed by atoms with E-state index in [9.17, 15) is 4.79 Å². The Balaban J connectivity index is 1.88. The summed E-state index contributed by atoms with van der Waals surface area (Å²) in [4.78, 5) is 14.2. The van der Waals surface area contributed by atoms with Crippen LogP contribution >= 0.6 is 0 Å². The lowest BCUT2D eigenvalue weighted by molar-refractivity contribution is 0.0993. The predicted molar refractivity (Wildman–Crippen MR) is 84.6 cm³/mol. The highest BCUT2D eigenvalue weighted by atomic mass is 16.2. The topological polar surface area (TPSA) is 49.0 Å². The van der Waals surface area contributed by atoms with Crippen LogP contribution in [0.2, 0.25) is 0 Å². The van der Waals surface area contributed by atoms with Gasteiger partial charge in [0.05, 0.1) is 11.7 Å². The van der Waals surface area contributed by atoms with Gasteiger partial charge in [-0.15, -0.1) is 0 Å². The first-order valence-electron chi connectivity index (χ1n) is 6.99. The van der Waals surface area contributed by atoms with Gasteiger partial charge in [-0.25, -0.2) is 0 Å². The molecule has 0 aliphatic heterocycles. The van der Waals surface area contributed by atoms with Crippen LogP contribution in [0.4, 0.5) is 5.69 Å². The summed E-state index contributed by atoms with van der Waals surface area (Å²) in [5.41, 5.74) is 3.67. The van der Waals surface area contributed by atoms with Gasteiger partial charge >= 0.3 is 0 Å². The van der Waals surface area contributed by atoms with Crippen molar-refractivity contribution in [2.45, 2.75) is 13.3 Å². The van der Waals surface area contributed by atoms with E-state index in [1.807, 2.05) is 30.3 Å². The molecule has 3 aromatic rings. The van der Waals surface area contributed by atoms with E-state index in [1.165, 1.54) is 5.56 Å². The van der Waals surface area contributed by atoms with E-state index in [2.05, 4.69) is 29.3 Å². The van der Waals surface area contributed by atoms with Crippen molar-refractivity contribution in [2.24, 2.45) is 0 Å². The highest BCUT2D eigenvalue weighted by Gasteiger charge is 2.14. The normalized spacial score (nSPS) is 10.8. The van der Waals surface area contributed by atoms with Crippen molar-refractivity contribution >= 4 is 22.5 Å². The van der Waals surface area contributed by atoms with Crippen molar-refractivity contribution in [1.82, 2.24) is 10.2 Å². The Hall–Kier alpha value is -2.62. The monoisotopic (exact) mass is 279 g/mol. The summed E-state index contributed by atoms with van der Waals surface area (Å²) in [6.07, 6.45) is 2.74. The second-order valence-corrected chi connectivity index (χ2v) is 5.06. The maximum absolute atomic E-state index is 12.6. The van der Waals surface area contributed by atoms with Crippen LogP contribution in [-0.4, -0.2) is 23.2 Å². The maximum atomic E-state index is 12.6. The second-order valence-electron chi connectivity index (χ2n) is 5.06. The number of nitrogens with one attached hydrogen (secondary N) is 1. The third-order valence-corrected chi connectivity index (χ3v) is 3.73. The molecule has 0 radical (unpaired) electrons. The first kappa shape index (κ1) is 13.4. The number of rotatable bonds is 3. The zero-order valence-corrected chi connectivity index (χ0v) is 12.1. The molecule has 0 atom stereocenters. The number of aromatic nitrogens is 2. The number of H-pyrrole nitrogens is 1. The molecule has 0 saturated carbocycles. The summed E-state index contributed by atoms with van der Waals surface area (Å²) in [7, 11) is 1.79. The van der Waals surface area contributed by atoms with Crippen molar-refractivity contribution in [1.29, 1.82) is 0 Å². The fourth-order valence-corrected chi connectivity index (χ4v) is 2.34. The quantitative estimate of drug-likeness (QED) is 0.798. The minimum atomic E-state index is -0.0317. The van der Waals surface area contributed by atoms with Gasteiger partial charge in [-0.2, -0.15) is 5.10 Å². The zero-order chi connectivity index (χ0) is 14.8. The molecule has 3 rings (SSSR count). The van der Waals surface area contributed by atoms with Gasteiger partial charge in [0.1, 0.15) is 0 Å². The number of hydrogen-bond acceptors (Lipinski definition) is 2. The molecule has 0 aliphatic carbocycles. The van der Waals surface area contributed by atoms with Crippen LogP contribution in [0.1, 0.15) is 22.8 Å². The second kappa shape index (κ2) is 5.40. The number of aromatic amines is 1. The molecule has 4 heteroatoms. The molecule has 0 spiro atoms. The van der Waals surface area contributed by atoms with Gasteiger partial charge in [0.25, 0.3) is 5.91 Å². The largest absolute Gasteiger partial charge is 0.311 e. The van der Waals surface area contributed by atoms with Crippen LogP contribution in [0.25, 0.3) is 10.9 Å². The van der Waals surface area contributed by atoms with E-state index >= 15 is 0 Å². The van der Waals surface area contributed by atoms with Crippen LogP contribution in [0.15, 0.2) is 48.7 Å². The summed E-state index contributed by atoms with van der Waals surface area (Å²) in [6.45, 7) is 2.11. The smallest absolute Gasteiger partial charge is 0.258 e. The minimum absolute atomic E-state index is 0.0317. The average molecular weight is 279 g/mol. The van der Waals surface area contributed by atoms with Gasteiger partial charge in [-0.05, 0) is 36.2 Å². The summed E-state index contributed by atoms with van der Waals surface area (Å²) in [6, 6.07) is 13.6. The van der Waals surface area contributed by atoms with E-state index in [-0.39, 0.29) is 5.91 Å². The Bertz CT molecular complexity index is 774. The molecule has 1 heterocycles. The number of anilines is 1. The molecule has 1 amide bonds. The number of nitrogens with zero attached hydrogens (tertiary/aromatic N) is 2. The van der Waals surface area contributed by atoms with E-state index in [4.69, 9.17) is 0 Å². The molecular formula is C17H17N3O. The van der Waals surface area contributed by atoms with Crippen LogP contribution < -0.4 is 4.90 Å². The van der Waals surface area contributed by atoms with Gasteiger partial charge in [-0.1, -0.05) is 25.1 Å². The number of benzene rings is 2. The summed E-state index contributed by atoms with van der Waals surface area (Å²) in [5.74, 6) is -0.0317. The van der Waals surface area contributed by atoms with E-state index < -0.39 is 0 Å². The number of fused-ring (bicyclic) bond motifs is 1. The number of amides is 1. The minimum Gasteiger partial charge on any atom is -0.311 e. The summed E-state index contributed by atoms with van der Waals surface area (Å²) < 4.78 is 0. The fraction of sp³-hybridized carbons (Fsp3) is 0.176. The Morgan fingerprint density at radius 1 is 1.19 bits per heavy atom. The lowest BCUT2D eigenvalue weighted by Crippen LogP contribution is -2.26. The molecule has 0 fully saturated rings. The van der Waals surface area contributed by atoms with Gasteiger partial charge in [0, 0.05) is 23.7 Å². The van der Waals surface area contributed by atoms with E-state index in [0.717, 1.165) is 23.0 Å². The average Bonchev–Trinajstić information content (AvgIpc) is 3.01. The fourth-order valence-electron chi connectivity index (χ4n) is 2.34. The number of carbonyl (C=O) groups excluding carboxylic acids is 1. The predicted octanol–water partition coefficient (Wildman–Crippen LogP) is 3.40. The van der Waals surface area contributed by atoms with Crippen LogP contribution in [0.3, 0.4) is 0 Å². The highest BCUT2D eigenvalue weighted by molar-refractivity contribution is 6.07. The Kier molecular flexibility index (Phi) is 3.44. The SMILES string of the molecule is CCc1ccc(N(C)C(=O)c2ccc3cn[nH]c3c2)cc1. The lowest BCUT2D eigenvalue weighted by atomic mass is 10.1. The number of aryl methyl sites for hydroxylation is 1. The number of carbonyl (C=O) groups is 1. The zero-order valence-electron chi connectivity index (χ0n) is 12.1. The van der Waals surface area contributed by atoms with E-state index in [0.29, 0.717) is 5.56 Å². The van der Waals surface area contributed by atoms with Crippen molar-refractivity contribution in [3.8, 4) is 0 Å². The first-order valence-corrected chi connectivity index (χ1v) is 6.99. The van der Waals surface area contributed by atoms with Gasteiger partial charge in [-0.3, -0.25) is 9.89 Å². The number of hydrogen-bond donors (Lipinski definition) is 1. The molecule has 0 aliphatic rings. The lowest BCUT2D eigenvalue weighted by Gasteiger charge is -2.17. The highest BCUT2D eigenvalue weighted by Crippen LogP contribution is 2.19. The maximum Gasteiger partial charge on any atom is 0.258 e. The molecule has 0 saturated heterocycles. The molecule has 1 aromatic heterocycles. The van der Waals surface area contributed by atoms with Crippen molar-refractivity contribution < 1.29 is 4.79 Å². The van der Waals surface area contributed by atoms with Crippen LogP contribution in [0.5, 0.6) is 0 Å². The summed E-state index contributed by atoms with van der Waals surface area (Å²) >= 11 is 0. The van der Waals surface area contributed by atoms with Gasteiger partial charge in [0.15, 0.2) is 0 Å². The van der Waals surface area contributed by atoms with Gasteiger partial charge in [0.2, 0.25) is 0 Å². The molecule has 0 unspecified atom stereocenters. The third kappa shape index (κ3) is 2.52. The third-order valence-electron chi connectivity index (χ3n) is 3.73. The molecule has 1 N–H and O–H groups in total. The molecular weight excluding hydrogens is 262 g/mol. The first-order chi connectivity index (χ1) is 10.2. The van der Waals surface area contributed by atoms with Crippen molar-refractivity contribution in [3.05, 3.63) is 59.8 Å². The van der Waals surface area contributed by atoms with Crippen LogP contribution in [-0.2, 0) is 6.42 Å². The Morgan fingerprint density at radius 3 is 2.67 bits per heavy atom. The van der Waals surface area contributed by atoms with Crippen LogP contribution in [0, 0.1) is 0 Å². The molecule has 21 heavy (non-hydrogen) atoms. The molecule has 106 valence electrons. The van der Waals surface area contributed by atoms with Crippen molar-refractivity contribution in [2.75, 3.05) is 11.9 Å². The van der Waals surface area contributed by atoms with E-state index in [1.54, 1.807) is 18.1 Å². The van der Waals surface area contributed by atoms with Gasteiger partial charge < -0.3 is 4.90 Å².